The second-order valence-corrected chi connectivity index (χ2v) is 4.89. The highest BCUT2D eigenvalue weighted by molar-refractivity contribution is 6.34. The van der Waals surface area contributed by atoms with Crippen molar-refractivity contribution in [1.29, 1.82) is 0 Å². The average Bonchev–Trinajstić information content (AvgIpc) is 2.41. The Morgan fingerprint density at radius 1 is 1.29 bits per heavy atom. The van der Waals surface area contributed by atoms with Crippen LogP contribution in [-0.2, 0) is 14.3 Å². The van der Waals surface area contributed by atoms with Crippen LogP contribution in [0.1, 0.15) is 18.1 Å². The second-order valence-electron chi connectivity index (χ2n) is 4.48. The predicted molar refractivity (Wildman–Crippen MR) is 84.5 cm³/mol. The van der Waals surface area contributed by atoms with Gasteiger partial charge in [0.25, 0.3) is 5.91 Å². The van der Waals surface area contributed by atoms with Gasteiger partial charge in [0.05, 0.1) is 10.7 Å². The van der Waals surface area contributed by atoms with Gasteiger partial charge in [-0.05, 0) is 38.0 Å². The molecule has 0 spiro atoms. The first-order valence-electron chi connectivity index (χ1n) is 6.46. The fraction of sp³-hybridized carbons (Fsp3) is 0.250. The molecular formula is C16H18ClNO3. The van der Waals surface area contributed by atoms with E-state index in [1.165, 1.54) is 6.08 Å². The molecule has 0 aromatic heterocycles. The maximum Gasteiger partial charge on any atom is 0.331 e. The van der Waals surface area contributed by atoms with Crippen molar-refractivity contribution in [1.82, 2.24) is 0 Å². The first-order valence-corrected chi connectivity index (χ1v) is 6.84. The van der Waals surface area contributed by atoms with Crippen molar-refractivity contribution in [3.8, 4) is 0 Å². The lowest BCUT2D eigenvalue weighted by Gasteiger charge is -2.11. The average molecular weight is 308 g/mol. The van der Waals surface area contributed by atoms with Crippen LogP contribution in [0.2, 0.25) is 5.02 Å². The van der Waals surface area contributed by atoms with Crippen LogP contribution in [0.4, 0.5) is 5.69 Å². The van der Waals surface area contributed by atoms with E-state index in [4.69, 9.17) is 16.3 Å². The number of ether oxygens (including phenoxy) is 1. The van der Waals surface area contributed by atoms with Crippen LogP contribution in [0, 0.1) is 13.8 Å². The first-order chi connectivity index (χ1) is 9.93. The lowest BCUT2D eigenvalue weighted by molar-refractivity contribution is -0.142. The van der Waals surface area contributed by atoms with Gasteiger partial charge in [-0.3, -0.25) is 4.79 Å². The quantitative estimate of drug-likeness (QED) is 0.514. The van der Waals surface area contributed by atoms with E-state index >= 15 is 0 Å². The molecule has 0 bridgehead atoms. The third kappa shape index (κ3) is 5.83. The van der Waals surface area contributed by atoms with Crippen molar-refractivity contribution in [2.45, 2.75) is 20.8 Å². The van der Waals surface area contributed by atoms with Crippen LogP contribution < -0.4 is 5.32 Å². The number of amides is 1. The SMILES string of the molecule is C/C=C/C=C/C(=O)OCC(=O)Nc1c(C)cc(C)cc1Cl. The minimum atomic E-state index is -0.574. The summed E-state index contributed by atoms with van der Waals surface area (Å²) in [5.74, 6) is -1.01. The van der Waals surface area contributed by atoms with Crippen LogP contribution in [0.5, 0.6) is 0 Å². The Balaban J connectivity index is 2.57. The van der Waals surface area contributed by atoms with Crippen molar-refractivity contribution in [2.75, 3.05) is 11.9 Å². The zero-order valence-corrected chi connectivity index (χ0v) is 13.0. The molecule has 0 fully saturated rings. The maximum absolute atomic E-state index is 11.8. The lowest BCUT2D eigenvalue weighted by atomic mass is 10.1. The van der Waals surface area contributed by atoms with E-state index in [9.17, 15) is 9.59 Å². The number of nitrogens with one attached hydrogen (secondary N) is 1. The van der Waals surface area contributed by atoms with Crippen molar-refractivity contribution in [2.24, 2.45) is 0 Å². The van der Waals surface area contributed by atoms with Gasteiger partial charge in [-0.15, -0.1) is 0 Å². The largest absolute Gasteiger partial charge is 0.452 e. The standard InChI is InChI=1S/C16H18ClNO3/c1-4-5-6-7-15(20)21-10-14(19)18-16-12(3)8-11(2)9-13(16)17/h4-9H,10H2,1-3H3,(H,18,19)/b5-4+,7-6+. The summed E-state index contributed by atoms with van der Waals surface area (Å²) in [7, 11) is 0. The number of hydrogen-bond acceptors (Lipinski definition) is 3. The zero-order chi connectivity index (χ0) is 15.8. The summed E-state index contributed by atoms with van der Waals surface area (Å²) in [5.41, 5.74) is 2.40. The van der Waals surface area contributed by atoms with Crippen molar-refractivity contribution >= 4 is 29.2 Å². The topological polar surface area (TPSA) is 55.4 Å². The first kappa shape index (κ1) is 17.0. The van der Waals surface area contributed by atoms with Gasteiger partial charge in [-0.1, -0.05) is 35.9 Å². The van der Waals surface area contributed by atoms with E-state index in [1.807, 2.05) is 26.8 Å². The normalized spacial score (nSPS) is 11.0. The lowest BCUT2D eigenvalue weighted by Crippen LogP contribution is -2.20. The molecule has 0 aliphatic rings. The molecule has 0 radical (unpaired) electrons. The van der Waals surface area contributed by atoms with Crippen LogP contribution in [0.25, 0.3) is 0 Å². The third-order valence-corrected chi connectivity index (χ3v) is 2.88. The molecule has 1 N–H and O–H groups in total. The van der Waals surface area contributed by atoms with Gasteiger partial charge in [-0.25, -0.2) is 4.79 Å². The number of allylic oxidation sites excluding steroid dienone is 3. The molecule has 0 saturated carbocycles. The minimum absolute atomic E-state index is 0.358. The summed E-state index contributed by atoms with van der Waals surface area (Å²) < 4.78 is 4.81. The second kappa shape index (κ2) is 8.27. The molecule has 0 unspecified atom stereocenters. The molecule has 21 heavy (non-hydrogen) atoms. The van der Waals surface area contributed by atoms with E-state index in [-0.39, 0.29) is 6.61 Å². The molecule has 1 amide bonds. The summed E-state index contributed by atoms with van der Waals surface area (Å²) in [5, 5.41) is 3.10. The fourth-order valence-electron chi connectivity index (χ4n) is 1.68. The van der Waals surface area contributed by atoms with Crippen LogP contribution in [0.15, 0.2) is 36.4 Å². The molecule has 1 aromatic carbocycles. The Morgan fingerprint density at radius 3 is 2.62 bits per heavy atom. The molecule has 5 heteroatoms. The Kier molecular flexibility index (Phi) is 6.69. The molecule has 0 aliphatic heterocycles. The number of rotatable bonds is 5. The molecule has 0 saturated heterocycles. The van der Waals surface area contributed by atoms with Gasteiger partial charge in [-0.2, -0.15) is 0 Å². The van der Waals surface area contributed by atoms with Crippen molar-refractivity contribution in [3.63, 3.8) is 0 Å². The highest BCUT2D eigenvalue weighted by Gasteiger charge is 2.10. The summed E-state index contributed by atoms with van der Waals surface area (Å²) in [4.78, 5) is 23.1. The summed E-state index contributed by atoms with van der Waals surface area (Å²) in [6.07, 6.45) is 6.26. The third-order valence-electron chi connectivity index (χ3n) is 2.58. The van der Waals surface area contributed by atoms with Gasteiger partial charge in [0, 0.05) is 6.08 Å². The van der Waals surface area contributed by atoms with E-state index in [1.54, 1.807) is 24.3 Å². The van der Waals surface area contributed by atoms with Crippen molar-refractivity contribution in [3.05, 3.63) is 52.6 Å². The number of carbonyl (C=O) groups excluding carboxylic acids is 2. The molecule has 1 rings (SSSR count). The molecule has 4 nitrogen and oxygen atoms in total. The molecule has 1 aromatic rings. The highest BCUT2D eigenvalue weighted by Crippen LogP contribution is 2.27. The Labute approximate surface area is 129 Å². The maximum atomic E-state index is 11.8. The summed E-state index contributed by atoms with van der Waals surface area (Å²) in [6, 6.07) is 3.67. The highest BCUT2D eigenvalue weighted by atomic mass is 35.5. The smallest absolute Gasteiger partial charge is 0.331 e. The number of hydrogen-bond donors (Lipinski definition) is 1. The minimum Gasteiger partial charge on any atom is -0.452 e. The molecule has 0 aliphatic carbocycles. The van der Waals surface area contributed by atoms with Crippen LogP contribution in [0.3, 0.4) is 0 Å². The number of aryl methyl sites for hydroxylation is 2. The Hall–Kier alpha value is -2.07. The zero-order valence-electron chi connectivity index (χ0n) is 12.3. The van der Waals surface area contributed by atoms with E-state index in [2.05, 4.69) is 5.32 Å². The Morgan fingerprint density at radius 2 is 2.00 bits per heavy atom. The Bertz CT molecular complexity index is 568. The van der Waals surface area contributed by atoms with Gasteiger partial charge in [0.15, 0.2) is 6.61 Å². The van der Waals surface area contributed by atoms with Gasteiger partial charge >= 0.3 is 5.97 Å². The monoisotopic (exact) mass is 307 g/mol. The number of anilines is 1. The summed E-state index contributed by atoms with van der Waals surface area (Å²) in [6.45, 7) is 5.24. The number of esters is 1. The van der Waals surface area contributed by atoms with Gasteiger partial charge in [0.1, 0.15) is 0 Å². The predicted octanol–water partition coefficient (Wildman–Crippen LogP) is 3.57. The van der Waals surface area contributed by atoms with Crippen molar-refractivity contribution < 1.29 is 14.3 Å². The number of benzene rings is 1. The number of halogens is 1. The summed E-state index contributed by atoms with van der Waals surface area (Å²) >= 11 is 6.08. The van der Waals surface area contributed by atoms with E-state index in [0.717, 1.165) is 11.1 Å². The molecule has 112 valence electrons. The van der Waals surface area contributed by atoms with Gasteiger partial charge < -0.3 is 10.1 Å². The molecule has 0 heterocycles. The fourth-order valence-corrected chi connectivity index (χ4v) is 2.05. The number of carbonyl (C=O) groups is 2. The van der Waals surface area contributed by atoms with E-state index in [0.29, 0.717) is 10.7 Å². The van der Waals surface area contributed by atoms with Gasteiger partial charge in [0.2, 0.25) is 0 Å². The van der Waals surface area contributed by atoms with Crippen LogP contribution >= 0.6 is 11.6 Å². The van der Waals surface area contributed by atoms with E-state index < -0.39 is 11.9 Å². The van der Waals surface area contributed by atoms with Crippen LogP contribution in [-0.4, -0.2) is 18.5 Å². The molecular weight excluding hydrogens is 290 g/mol. The molecule has 0 atom stereocenters.